The molecule has 206 valence electrons. The van der Waals surface area contributed by atoms with E-state index in [-0.39, 0.29) is 36.7 Å². The average molecular weight is 551 g/mol. The van der Waals surface area contributed by atoms with Crippen LogP contribution in [0.2, 0.25) is 0 Å². The van der Waals surface area contributed by atoms with E-state index in [0.717, 1.165) is 17.8 Å². The summed E-state index contributed by atoms with van der Waals surface area (Å²) in [6.07, 6.45) is 6.13. The van der Waals surface area contributed by atoms with Crippen molar-refractivity contribution in [2.45, 2.75) is 62.1 Å². The zero-order chi connectivity index (χ0) is 28.1. The minimum Gasteiger partial charge on any atom is -0.351 e. The molecule has 40 heavy (non-hydrogen) atoms. The number of rotatable bonds is 6. The summed E-state index contributed by atoms with van der Waals surface area (Å²) in [6.45, 7) is 0. The monoisotopic (exact) mass is 550 g/mol. The van der Waals surface area contributed by atoms with Gasteiger partial charge < -0.3 is 5.32 Å². The summed E-state index contributed by atoms with van der Waals surface area (Å²) < 4.78 is 41.9. The van der Waals surface area contributed by atoms with Crippen LogP contribution >= 0.6 is 0 Å². The molecule has 3 amide bonds. The van der Waals surface area contributed by atoms with Crippen molar-refractivity contribution >= 4 is 29.2 Å². The van der Waals surface area contributed by atoms with E-state index in [4.69, 9.17) is 0 Å². The Morgan fingerprint density at radius 3 is 2.58 bits per heavy atom. The van der Waals surface area contributed by atoms with E-state index < -0.39 is 54.0 Å². The first kappa shape index (κ1) is 25.9. The molecule has 0 unspecified atom stereocenters. The van der Waals surface area contributed by atoms with Crippen LogP contribution < -0.4 is 15.1 Å². The molecule has 12 heteroatoms. The lowest BCUT2D eigenvalue weighted by Gasteiger charge is -2.44. The number of hydrogen-bond acceptors (Lipinski definition) is 6. The van der Waals surface area contributed by atoms with Crippen molar-refractivity contribution in [3.05, 3.63) is 78.3 Å². The number of halogens is 3. The highest BCUT2D eigenvalue weighted by molar-refractivity contribution is 6.12. The molecule has 1 aromatic carbocycles. The van der Waals surface area contributed by atoms with E-state index in [0.29, 0.717) is 12.0 Å². The average Bonchev–Trinajstić information content (AvgIpc) is 3.50. The van der Waals surface area contributed by atoms with Gasteiger partial charge in [0.15, 0.2) is 11.4 Å². The fourth-order valence-corrected chi connectivity index (χ4v) is 6.06. The van der Waals surface area contributed by atoms with Crippen LogP contribution in [-0.2, 0) is 26.3 Å². The number of alkyl halides is 2. The number of aryl methyl sites for hydroxylation is 1. The van der Waals surface area contributed by atoms with Gasteiger partial charge in [-0.05, 0) is 30.4 Å². The third-order valence-electron chi connectivity index (χ3n) is 7.86. The molecule has 2 aliphatic carbocycles. The third kappa shape index (κ3) is 4.27. The number of aromatic nitrogens is 3. The summed E-state index contributed by atoms with van der Waals surface area (Å²) in [5.74, 6) is -5.08. The number of pyridine rings is 1. The Morgan fingerprint density at radius 2 is 1.85 bits per heavy atom. The highest BCUT2D eigenvalue weighted by Crippen LogP contribution is 2.46. The summed E-state index contributed by atoms with van der Waals surface area (Å²) in [4.78, 5) is 56.4. The fraction of sp³-hybridized carbons (Fsp3) is 0.357. The topological polar surface area (TPSA) is 108 Å². The van der Waals surface area contributed by atoms with Gasteiger partial charge in [-0.3, -0.25) is 34.2 Å². The molecular weight excluding hydrogens is 525 g/mol. The number of carbonyl (C=O) groups excluding carboxylic acids is 3. The summed E-state index contributed by atoms with van der Waals surface area (Å²) in [5, 5.41) is 2.73. The van der Waals surface area contributed by atoms with Crippen molar-refractivity contribution < 1.29 is 27.6 Å². The van der Waals surface area contributed by atoms with E-state index in [1.54, 1.807) is 18.2 Å². The molecular formula is C28H25F3N6O3. The molecule has 1 N–H and O–H groups in total. The second kappa shape index (κ2) is 9.68. The lowest BCUT2D eigenvalue weighted by atomic mass is 9.83. The van der Waals surface area contributed by atoms with Gasteiger partial charge in [0.1, 0.15) is 11.9 Å². The molecule has 2 fully saturated rings. The predicted molar refractivity (Wildman–Crippen MR) is 137 cm³/mol. The van der Waals surface area contributed by atoms with Crippen LogP contribution in [0.1, 0.15) is 43.2 Å². The Kier molecular flexibility index (Phi) is 6.27. The smallest absolute Gasteiger partial charge is 0.252 e. The molecule has 2 aromatic heterocycles. The number of carbonyl (C=O) groups is 3. The van der Waals surface area contributed by atoms with E-state index in [1.165, 1.54) is 34.6 Å². The number of amides is 3. The van der Waals surface area contributed by atoms with Gasteiger partial charge >= 0.3 is 0 Å². The Balaban J connectivity index is 1.49. The number of nitrogens with one attached hydrogen (secondary N) is 1. The first-order chi connectivity index (χ1) is 19.2. The van der Waals surface area contributed by atoms with Crippen molar-refractivity contribution in [3.8, 4) is 0 Å². The molecule has 9 nitrogen and oxygen atoms in total. The van der Waals surface area contributed by atoms with E-state index in [2.05, 4.69) is 20.3 Å². The van der Waals surface area contributed by atoms with Crippen molar-refractivity contribution in [1.29, 1.82) is 0 Å². The van der Waals surface area contributed by atoms with Crippen LogP contribution in [0.25, 0.3) is 0 Å². The molecule has 0 spiro atoms. The Morgan fingerprint density at radius 1 is 1.05 bits per heavy atom. The zero-order valence-electron chi connectivity index (χ0n) is 21.3. The van der Waals surface area contributed by atoms with Crippen molar-refractivity contribution in [2.75, 3.05) is 9.80 Å². The standard InChI is InChI=1S/C28H25F3N6O3/c29-18-11-20(15-33-14-18)37(25(39)22-5-6-24(38)36(22)23-16-32-9-10-34-23)28(8-7-17-3-1-2-4-21(17)28)26(40)35-19-12-27(30,31)13-19/h1-4,9-11,14-16,19,22H,5-8,12-13H2,(H,35,40)/t22-,28+/m0/s1. The van der Waals surface area contributed by atoms with Gasteiger partial charge in [0.05, 0.1) is 24.3 Å². The molecule has 6 rings (SSSR count). The van der Waals surface area contributed by atoms with Gasteiger partial charge in [-0.15, -0.1) is 0 Å². The highest BCUT2D eigenvalue weighted by atomic mass is 19.3. The molecule has 0 radical (unpaired) electrons. The lowest BCUT2D eigenvalue weighted by Crippen LogP contribution is -2.64. The molecule has 2 atom stereocenters. The zero-order valence-corrected chi connectivity index (χ0v) is 21.3. The van der Waals surface area contributed by atoms with E-state index >= 15 is 0 Å². The van der Waals surface area contributed by atoms with Gasteiger partial charge in [-0.25, -0.2) is 18.2 Å². The first-order valence-electron chi connectivity index (χ1n) is 13.0. The Labute approximate surface area is 227 Å². The molecule has 1 aliphatic heterocycles. The molecule has 3 heterocycles. The third-order valence-corrected chi connectivity index (χ3v) is 7.86. The maximum Gasteiger partial charge on any atom is 0.252 e. The lowest BCUT2D eigenvalue weighted by molar-refractivity contribution is -0.137. The largest absolute Gasteiger partial charge is 0.351 e. The van der Waals surface area contributed by atoms with Crippen molar-refractivity contribution in [3.63, 3.8) is 0 Å². The van der Waals surface area contributed by atoms with Crippen molar-refractivity contribution in [2.24, 2.45) is 0 Å². The fourth-order valence-electron chi connectivity index (χ4n) is 6.06. The minimum absolute atomic E-state index is 0.00855. The molecule has 1 saturated heterocycles. The van der Waals surface area contributed by atoms with Gasteiger partial charge in [0, 0.05) is 43.8 Å². The normalized spacial score (nSPS) is 23.4. The summed E-state index contributed by atoms with van der Waals surface area (Å²) in [5.41, 5.74) is -0.388. The van der Waals surface area contributed by atoms with Gasteiger partial charge in [0.25, 0.3) is 17.7 Å². The molecule has 0 bridgehead atoms. The van der Waals surface area contributed by atoms with E-state index in [1.807, 2.05) is 6.07 Å². The number of nitrogens with zero attached hydrogens (tertiary/aromatic N) is 5. The van der Waals surface area contributed by atoms with Crippen LogP contribution in [0.5, 0.6) is 0 Å². The number of hydrogen-bond donors (Lipinski definition) is 1. The summed E-state index contributed by atoms with van der Waals surface area (Å²) >= 11 is 0. The second-order valence-electron chi connectivity index (χ2n) is 10.4. The molecule has 3 aromatic rings. The minimum atomic E-state index is -2.87. The quantitative estimate of drug-likeness (QED) is 0.505. The van der Waals surface area contributed by atoms with Crippen LogP contribution in [0.15, 0.2) is 61.3 Å². The predicted octanol–water partition coefficient (Wildman–Crippen LogP) is 3.29. The van der Waals surface area contributed by atoms with Gasteiger partial charge in [-0.2, -0.15) is 0 Å². The Bertz CT molecular complexity index is 1480. The van der Waals surface area contributed by atoms with Crippen LogP contribution in [-0.4, -0.2) is 50.7 Å². The Hall–Kier alpha value is -4.35. The highest BCUT2D eigenvalue weighted by Gasteiger charge is 2.57. The summed E-state index contributed by atoms with van der Waals surface area (Å²) in [6, 6.07) is 6.32. The second-order valence-corrected chi connectivity index (χ2v) is 10.4. The van der Waals surface area contributed by atoms with E-state index in [9.17, 15) is 27.6 Å². The maximum absolute atomic E-state index is 14.6. The van der Waals surface area contributed by atoms with Crippen LogP contribution in [0.4, 0.5) is 24.7 Å². The van der Waals surface area contributed by atoms with Gasteiger partial charge in [0.2, 0.25) is 5.91 Å². The van der Waals surface area contributed by atoms with Gasteiger partial charge in [-0.1, -0.05) is 24.3 Å². The van der Waals surface area contributed by atoms with Crippen LogP contribution in [0, 0.1) is 5.82 Å². The first-order valence-corrected chi connectivity index (χ1v) is 13.0. The number of benzene rings is 1. The van der Waals surface area contributed by atoms with Crippen LogP contribution in [0.3, 0.4) is 0 Å². The summed E-state index contributed by atoms with van der Waals surface area (Å²) in [7, 11) is 0. The number of fused-ring (bicyclic) bond motifs is 1. The van der Waals surface area contributed by atoms with Crippen molar-refractivity contribution in [1.82, 2.24) is 20.3 Å². The number of anilines is 2. The molecule has 1 saturated carbocycles. The molecule has 3 aliphatic rings. The SMILES string of the molecule is O=C1CC[C@@H](C(=O)N(c2cncc(F)c2)[C@]2(C(=O)NC3CC(F)(F)C3)CCc3ccccc32)N1c1cnccn1. The maximum atomic E-state index is 14.6.